The monoisotopic (exact) mass is 533 g/mol. The summed E-state index contributed by atoms with van der Waals surface area (Å²) in [6.45, 7) is 1.71. The largest absolute Gasteiger partial charge is 1.00 e. The Hall–Kier alpha value is -3.24. The molecule has 0 fully saturated rings. The van der Waals surface area contributed by atoms with E-state index in [0.29, 0.717) is 16.9 Å². The Morgan fingerprint density at radius 1 is 0.667 bits per heavy atom. The number of sulfone groups is 1. The van der Waals surface area contributed by atoms with Crippen LogP contribution in [0.5, 0.6) is 0 Å². The molecule has 0 saturated heterocycles. The zero-order valence-electron chi connectivity index (χ0n) is 19.7. The minimum atomic E-state index is -3.83. The van der Waals surface area contributed by atoms with Crippen LogP contribution in [0.2, 0.25) is 0 Å². The number of hydrogen-bond donors (Lipinski definition) is 0. The van der Waals surface area contributed by atoms with Gasteiger partial charge in [0.05, 0.1) is 5.75 Å². The second-order valence-corrected chi connectivity index (χ2v) is 13.5. The van der Waals surface area contributed by atoms with Crippen LogP contribution < -0.4 is 33.8 Å². The van der Waals surface area contributed by atoms with Gasteiger partial charge in [-0.05, 0) is 42.0 Å². The molecule has 0 bridgehead atoms. The Morgan fingerprint density at radius 3 is 1.47 bits per heavy atom. The number of aromatic nitrogens is 1. The smallest absolute Gasteiger partial charge is 0.283 e. The Balaban J connectivity index is 0.00000304. The Bertz CT molecular complexity index is 1430. The first-order chi connectivity index (χ1) is 17.0. The van der Waals surface area contributed by atoms with Gasteiger partial charge in [-0.25, -0.2) is 8.42 Å². The third-order valence-electron chi connectivity index (χ3n) is 5.92. The van der Waals surface area contributed by atoms with Gasteiger partial charge >= 0.3 is 0 Å². The standard InChI is InChI=1S/C29H25NO3PS.ClH/c1-23-30-28(29(33-23)35(31,32)22-24-14-6-2-7-15-24)34(25-16-8-3-9-17-25,26-18-10-4-11-19-26)27-20-12-5-13-21-27;/h2-21H,22H2,1H3;1H/q+1;/p-1. The van der Waals surface area contributed by atoms with Crippen molar-refractivity contribution in [2.45, 2.75) is 17.8 Å². The highest BCUT2D eigenvalue weighted by Gasteiger charge is 2.54. The van der Waals surface area contributed by atoms with Crippen LogP contribution in [0, 0.1) is 6.92 Å². The normalized spacial score (nSPS) is 11.6. The van der Waals surface area contributed by atoms with Crippen LogP contribution in [0.4, 0.5) is 0 Å². The van der Waals surface area contributed by atoms with Crippen molar-refractivity contribution in [3.8, 4) is 0 Å². The highest BCUT2D eigenvalue weighted by Crippen LogP contribution is 2.55. The predicted molar refractivity (Wildman–Crippen MR) is 143 cm³/mol. The third-order valence-corrected chi connectivity index (χ3v) is 11.8. The fourth-order valence-corrected chi connectivity index (χ4v) is 10.7. The second-order valence-electron chi connectivity index (χ2n) is 8.27. The molecule has 0 aliphatic rings. The summed E-state index contributed by atoms with van der Waals surface area (Å²) in [5.41, 5.74) is 1.19. The molecule has 4 nitrogen and oxygen atoms in total. The first-order valence-electron chi connectivity index (χ1n) is 11.3. The molecule has 5 aromatic rings. The minimum absolute atomic E-state index is 0. The van der Waals surface area contributed by atoms with Crippen molar-refractivity contribution < 1.29 is 25.2 Å². The number of benzene rings is 4. The van der Waals surface area contributed by atoms with Crippen LogP contribution in [0.15, 0.2) is 131 Å². The molecular formula is C29H25ClNO3PS. The Morgan fingerprint density at radius 2 is 1.06 bits per heavy atom. The summed E-state index contributed by atoms with van der Waals surface area (Å²) in [6, 6.07) is 39.4. The molecule has 1 heterocycles. The average molecular weight is 534 g/mol. The first kappa shape index (κ1) is 25.8. The van der Waals surface area contributed by atoms with E-state index in [2.05, 4.69) is 36.4 Å². The van der Waals surface area contributed by atoms with Gasteiger partial charge in [0.1, 0.15) is 15.9 Å². The van der Waals surface area contributed by atoms with Gasteiger partial charge in [0, 0.05) is 6.92 Å². The van der Waals surface area contributed by atoms with E-state index in [1.54, 1.807) is 6.92 Å². The molecule has 0 aliphatic heterocycles. The molecule has 0 saturated carbocycles. The van der Waals surface area contributed by atoms with Crippen LogP contribution >= 0.6 is 7.26 Å². The van der Waals surface area contributed by atoms with E-state index in [1.165, 1.54) is 0 Å². The molecule has 0 radical (unpaired) electrons. The zero-order chi connectivity index (χ0) is 24.3. The molecule has 0 aliphatic carbocycles. The van der Waals surface area contributed by atoms with E-state index < -0.39 is 17.1 Å². The molecule has 0 spiro atoms. The second kappa shape index (κ2) is 10.8. The third kappa shape index (κ3) is 4.75. The van der Waals surface area contributed by atoms with Crippen molar-refractivity contribution in [2.75, 3.05) is 0 Å². The van der Waals surface area contributed by atoms with Gasteiger partial charge in [-0.2, -0.15) is 4.98 Å². The maximum absolute atomic E-state index is 13.9. The minimum Gasteiger partial charge on any atom is -1.00 e. The maximum atomic E-state index is 13.9. The predicted octanol–water partition coefficient (Wildman–Crippen LogP) is 1.58. The van der Waals surface area contributed by atoms with Gasteiger partial charge in [0.25, 0.3) is 10.5 Å². The van der Waals surface area contributed by atoms with E-state index in [4.69, 9.17) is 9.40 Å². The summed E-state index contributed by atoms with van der Waals surface area (Å²) in [7, 11) is -6.54. The van der Waals surface area contributed by atoms with Crippen LogP contribution in [-0.4, -0.2) is 13.4 Å². The van der Waals surface area contributed by atoms with Crippen LogP contribution in [0.1, 0.15) is 11.5 Å². The van der Waals surface area contributed by atoms with Gasteiger partial charge < -0.3 is 16.8 Å². The van der Waals surface area contributed by atoms with E-state index in [1.807, 2.05) is 84.9 Å². The number of hydrogen-bond acceptors (Lipinski definition) is 4. The van der Waals surface area contributed by atoms with Crippen molar-refractivity contribution in [3.63, 3.8) is 0 Å². The Kier molecular flexibility index (Phi) is 7.75. The summed E-state index contributed by atoms with van der Waals surface area (Å²) in [4.78, 5) is 4.82. The molecule has 0 atom stereocenters. The number of nitrogens with zero attached hydrogens (tertiary/aromatic N) is 1. The van der Waals surface area contributed by atoms with Gasteiger partial charge in [0.15, 0.2) is 13.2 Å². The number of rotatable bonds is 7. The lowest BCUT2D eigenvalue weighted by atomic mass is 10.2. The molecule has 7 heteroatoms. The van der Waals surface area contributed by atoms with Gasteiger partial charge in [-0.1, -0.05) is 84.9 Å². The topological polar surface area (TPSA) is 60.2 Å². The van der Waals surface area contributed by atoms with Crippen LogP contribution in [0.25, 0.3) is 0 Å². The molecule has 4 aromatic carbocycles. The lowest BCUT2D eigenvalue weighted by Gasteiger charge is -2.25. The summed E-state index contributed by atoms with van der Waals surface area (Å²) in [6.07, 6.45) is 0. The first-order valence-corrected chi connectivity index (χ1v) is 14.8. The van der Waals surface area contributed by atoms with E-state index in [-0.39, 0.29) is 23.3 Å². The van der Waals surface area contributed by atoms with Crippen molar-refractivity contribution in [1.82, 2.24) is 4.98 Å². The maximum Gasteiger partial charge on any atom is 0.283 e. The molecule has 36 heavy (non-hydrogen) atoms. The number of oxazole rings is 1. The molecule has 5 rings (SSSR count). The fourth-order valence-electron chi connectivity index (χ4n) is 4.44. The van der Waals surface area contributed by atoms with E-state index in [9.17, 15) is 8.42 Å². The summed E-state index contributed by atoms with van der Waals surface area (Å²) < 4.78 is 33.7. The SMILES string of the molecule is Cc1nc([P+](c2ccccc2)(c2ccccc2)c2ccccc2)c(S(=O)(=O)Cc2ccccc2)o1.[Cl-]. The molecule has 0 amide bonds. The number of aryl methyl sites for hydroxylation is 1. The molecule has 182 valence electrons. The molecule has 0 N–H and O–H groups in total. The zero-order valence-corrected chi connectivity index (χ0v) is 22.1. The molecular weight excluding hydrogens is 509 g/mol. The van der Waals surface area contributed by atoms with Gasteiger partial charge in [-0.15, -0.1) is 0 Å². The lowest BCUT2D eigenvalue weighted by molar-refractivity contribution is -0.00000983. The van der Waals surface area contributed by atoms with Gasteiger partial charge in [-0.3, -0.25) is 0 Å². The highest BCUT2D eigenvalue weighted by atomic mass is 35.5. The highest BCUT2D eigenvalue weighted by molar-refractivity contribution is 8.02. The summed E-state index contributed by atoms with van der Waals surface area (Å²) in [5, 5.41) is 2.99. The molecule has 0 unspecified atom stereocenters. The lowest BCUT2D eigenvalue weighted by Crippen LogP contribution is -3.00. The van der Waals surface area contributed by atoms with Crippen LogP contribution in [-0.2, 0) is 15.6 Å². The van der Waals surface area contributed by atoms with Crippen molar-refractivity contribution in [3.05, 3.63) is 133 Å². The fraction of sp³-hybridized carbons (Fsp3) is 0.0690. The van der Waals surface area contributed by atoms with E-state index in [0.717, 1.165) is 15.9 Å². The quantitative estimate of drug-likeness (QED) is 0.298. The van der Waals surface area contributed by atoms with E-state index >= 15 is 0 Å². The molecule has 1 aromatic heterocycles. The van der Waals surface area contributed by atoms with Crippen molar-refractivity contribution >= 4 is 38.4 Å². The van der Waals surface area contributed by atoms with Crippen LogP contribution in [0.3, 0.4) is 0 Å². The average Bonchev–Trinajstić information content (AvgIpc) is 3.30. The van der Waals surface area contributed by atoms with Gasteiger partial charge in [0.2, 0.25) is 9.84 Å². The van der Waals surface area contributed by atoms with Crippen molar-refractivity contribution in [1.29, 1.82) is 0 Å². The number of halogens is 1. The summed E-state index contributed by atoms with van der Waals surface area (Å²) >= 11 is 0. The summed E-state index contributed by atoms with van der Waals surface area (Å²) in [5.74, 6) is 0.173. The van der Waals surface area contributed by atoms with Crippen molar-refractivity contribution in [2.24, 2.45) is 0 Å². The Labute approximate surface area is 218 Å².